The van der Waals surface area contributed by atoms with E-state index in [0.717, 1.165) is 11.4 Å². The Kier molecular flexibility index (Phi) is 3.84. The Balaban J connectivity index is 1.83. The van der Waals surface area contributed by atoms with Crippen LogP contribution in [-0.4, -0.2) is 50.8 Å². The zero-order valence-corrected chi connectivity index (χ0v) is 13.2. The number of β-lactam (4-membered cyclic amide) rings is 1. The Morgan fingerprint density at radius 3 is 2.41 bits per heavy atom. The lowest BCUT2D eigenvalue weighted by atomic mass is 9.91. The van der Waals surface area contributed by atoms with Crippen molar-refractivity contribution >= 4 is 11.6 Å². The molecular weight excluding hydrogens is 286 g/mol. The molecule has 3 rings (SSSR count). The molecule has 2 aliphatic heterocycles. The van der Waals surface area contributed by atoms with Gasteiger partial charge in [0.2, 0.25) is 0 Å². The lowest BCUT2D eigenvalue weighted by molar-refractivity contribution is -0.160. The predicted octanol–water partition coefficient (Wildman–Crippen LogP) is 1.58. The minimum atomic E-state index is -0.632. The maximum atomic E-state index is 12.3. The molecule has 0 bridgehead atoms. The molecule has 3 atom stereocenters. The van der Waals surface area contributed by atoms with Gasteiger partial charge in [-0.15, -0.1) is 0 Å². The van der Waals surface area contributed by atoms with Crippen LogP contribution >= 0.6 is 0 Å². The van der Waals surface area contributed by atoms with Gasteiger partial charge in [-0.05, 0) is 38.1 Å². The number of carbonyl (C=O) groups is 1. The standard InChI is InChI=1S/C16H21NO5/c1-16(2)21-9-12(22-16)13-14(20-4)15(18)17(13)10-5-7-11(19-3)8-6-10/h5-8,12-14H,9H2,1-4H3/t12-,13+,14-/m1/s1. The van der Waals surface area contributed by atoms with Crippen LogP contribution in [0.2, 0.25) is 0 Å². The Morgan fingerprint density at radius 2 is 1.91 bits per heavy atom. The van der Waals surface area contributed by atoms with Crippen LogP contribution in [0.1, 0.15) is 13.8 Å². The van der Waals surface area contributed by atoms with Gasteiger partial charge in [-0.25, -0.2) is 0 Å². The third kappa shape index (κ3) is 2.47. The van der Waals surface area contributed by atoms with Crippen molar-refractivity contribution in [1.29, 1.82) is 0 Å². The van der Waals surface area contributed by atoms with Crippen molar-refractivity contribution < 1.29 is 23.7 Å². The Morgan fingerprint density at radius 1 is 1.23 bits per heavy atom. The van der Waals surface area contributed by atoms with Crippen LogP contribution < -0.4 is 9.64 Å². The summed E-state index contributed by atoms with van der Waals surface area (Å²) in [5.41, 5.74) is 0.803. The van der Waals surface area contributed by atoms with Crippen molar-refractivity contribution in [2.75, 3.05) is 25.7 Å². The zero-order chi connectivity index (χ0) is 15.9. The summed E-state index contributed by atoms with van der Waals surface area (Å²) in [7, 11) is 3.15. The lowest BCUT2D eigenvalue weighted by Gasteiger charge is -2.48. The van der Waals surface area contributed by atoms with Crippen LogP contribution in [0.25, 0.3) is 0 Å². The monoisotopic (exact) mass is 307 g/mol. The number of rotatable bonds is 4. The maximum Gasteiger partial charge on any atom is 0.258 e. The largest absolute Gasteiger partial charge is 0.497 e. The maximum absolute atomic E-state index is 12.3. The van der Waals surface area contributed by atoms with E-state index in [-0.39, 0.29) is 18.1 Å². The molecule has 120 valence electrons. The first-order chi connectivity index (χ1) is 10.5. The molecule has 0 saturated carbocycles. The highest BCUT2D eigenvalue weighted by Gasteiger charge is 2.55. The number of amides is 1. The van der Waals surface area contributed by atoms with Crippen molar-refractivity contribution in [3.8, 4) is 5.75 Å². The zero-order valence-electron chi connectivity index (χ0n) is 13.2. The second kappa shape index (κ2) is 5.53. The normalized spacial score (nSPS) is 30.3. The summed E-state index contributed by atoms with van der Waals surface area (Å²) < 4.78 is 22.0. The van der Waals surface area contributed by atoms with Crippen molar-refractivity contribution in [3.63, 3.8) is 0 Å². The van der Waals surface area contributed by atoms with E-state index < -0.39 is 11.9 Å². The van der Waals surface area contributed by atoms with Crippen LogP contribution in [-0.2, 0) is 19.0 Å². The first-order valence-corrected chi connectivity index (χ1v) is 7.28. The van der Waals surface area contributed by atoms with E-state index in [1.807, 2.05) is 38.1 Å². The van der Waals surface area contributed by atoms with Gasteiger partial charge in [-0.1, -0.05) is 0 Å². The van der Waals surface area contributed by atoms with E-state index in [2.05, 4.69) is 0 Å². The molecular formula is C16H21NO5. The number of anilines is 1. The quantitative estimate of drug-likeness (QED) is 0.791. The van der Waals surface area contributed by atoms with Crippen LogP contribution in [0.5, 0.6) is 5.75 Å². The fourth-order valence-corrected chi connectivity index (χ4v) is 3.01. The molecule has 2 saturated heterocycles. The van der Waals surface area contributed by atoms with Crippen molar-refractivity contribution in [2.45, 2.75) is 37.9 Å². The summed E-state index contributed by atoms with van der Waals surface area (Å²) in [6.45, 7) is 4.18. The van der Waals surface area contributed by atoms with Gasteiger partial charge < -0.3 is 23.8 Å². The molecule has 22 heavy (non-hydrogen) atoms. The van der Waals surface area contributed by atoms with E-state index in [0.29, 0.717) is 6.61 Å². The van der Waals surface area contributed by atoms with E-state index in [1.54, 1.807) is 19.1 Å². The first-order valence-electron chi connectivity index (χ1n) is 7.28. The summed E-state index contributed by atoms with van der Waals surface area (Å²) in [4.78, 5) is 14.1. The summed E-state index contributed by atoms with van der Waals surface area (Å²) in [6, 6.07) is 7.19. The molecule has 0 aliphatic carbocycles. The molecule has 1 aromatic carbocycles. The second-order valence-electron chi connectivity index (χ2n) is 5.92. The molecule has 0 N–H and O–H groups in total. The van der Waals surface area contributed by atoms with Gasteiger partial charge in [0.1, 0.15) is 17.9 Å². The molecule has 6 heteroatoms. The van der Waals surface area contributed by atoms with E-state index in [4.69, 9.17) is 18.9 Å². The molecule has 2 aliphatic rings. The molecule has 0 aromatic heterocycles. The van der Waals surface area contributed by atoms with E-state index in [1.165, 1.54) is 0 Å². The summed E-state index contributed by atoms with van der Waals surface area (Å²) in [5, 5.41) is 0. The van der Waals surface area contributed by atoms with Gasteiger partial charge >= 0.3 is 0 Å². The molecule has 1 aromatic rings. The van der Waals surface area contributed by atoms with Crippen LogP contribution in [0.15, 0.2) is 24.3 Å². The van der Waals surface area contributed by atoms with Gasteiger partial charge in [0.15, 0.2) is 11.9 Å². The van der Waals surface area contributed by atoms with Crippen molar-refractivity contribution in [2.24, 2.45) is 0 Å². The minimum Gasteiger partial charge on any atom is -0.497 e. The molecule has 1 amide bonds. The van der Waals surface area contributed by atoms with Crippen molar-refractivity contribution in [1.82, 2.24) is 0 Å². The van der Waals surface area contributed by atoms with Gasteiger partial charge in [-0.3, -0.25) is 4.79 Å². The smallest absolute Gasteiger partial charge is 0.258 e. The number of ether oxygens (including phenoxy) is 4. The number of nitrogens with zero attached hydrogens (tertiary/aromatic N) is 1. The highest BCUT2D eigenvalue weighted by atomic mass is 16.7. The number of carbonyl (C=O) groups excluding carboxylic acids is 1. The van der Waals surface area contributed by atoms with Gasteiger partial charge in [0.05, 0.1) is 13.7 Å². The topological polar surface area (TPSA) is 57.2 Å². The van der Waals surface area contributed by atoms with Crippen molar-refractivity contribution in [3.05, 3.63) is 24.3 Å². The van der Waals surface area contributed by atoms with E-state index >= 15 is 0 Å². The minimum absolute atomic E-state index is 0.0639. The number of hydrogen-bond acceptors (Lipinski definition) is 5. The fourth-order valence-electron chi connectivity index (χ4n) is 3.01. The van der Waals surface area contributed by atoms with Crippen LogP contribution in [0, 0.1) is 0 Å². The average molecular weight is 307 g/mol. The molecule has 0 spiro atoms. The highest BCUT2D eigenvalue weighted by Crippen LogP contribution is 2.37. The van der Waals surface area contributed by atoms with Crippen LogP contribution in [0.3, 0.4) is 0 Å². The third-order valence-corrected chi connectivity index (χ3v) is 4.10. The van der Waals surface area contributed by atoms with Gasteiger partial charge in [-0.2, -0.15) is 0 Å². The Bertz CT molecular complexity index is 556. The molecule has 0 radical (unpaired) electrons. The Labute approximate surface area is 129 Å². The van der Waals surface area contributed by atoms with Gasteiger partial charge in [0, 0.05) is 12.8 Å². The summed E-state index contributed by atoms with van der Waals surface area (Å²) in [5.74, 6) is 0.0526. The third-order valence-electron chi connectivity index (χ3n) is 4.10. The molecule has 2 fully saturated rings. The van der Waals surface area contributed by atoms with Crippen LogP contribution in [0.4, 0.5) is 5.69 Å². The number of methoxy groups -OCH3 is 2. The lowest BCUT2D eigenvalue weighted by Crippen LogP contribution is -2.70. The predicted molar refractivity (Wildman–Crippen MR) is 80.0 cm³/mol. The number of hydrogen-bond donors (Lipinski definition) is 0. The number of benzene rings is 1. The second-order valence-corrected chi connectivity index (χ2v) is 5.92. The molecule has 6 nitrogen and oxygen atoms in total. The fraction of sp³-hybridized carbons (Fsp3) is 0.562. The molecule has 0 unspecified atom stereocenters. The average Bonchev–Trinajstić information content (AvgIpc) is 2.85. The summed E-state index contributed by atoms with van der Waals surface area (Å²) >= 11 is 0. The first kappa shape index (κ1) is 15.3. The van der Waals surface area contributed by atoms with E-state index in [9.17, 15) is 4.79 Å². The van der Waals surface area contributed by atoms with Gasteiger partial charge in [0.25, 0.3) is 5.91 Å². The molecule has 2 heterocycles. The SMILES string of the molecule is COc1ccc(N2C(=O)[C@H](OC)[C@@H]2[C@H]2COC(C)(C)O2)cc1. The Hall–Kier alpha value is -1.63. The summed E-state index contributed by atoms with van der Waals surface area (Å²) in [6.07, 6.45) is -0.704. The highest BCUT2D eigenvalue weighted by molar-refractivity contribution is 6.05.